The monoisotopic (exact) mass is 250 g/mol. The molecule has 1 aromatic rings. The van der Waals surface area contributed by atoms with Crippen molar-refractivity contribution >= 4 is 0 Å². The molecule has 0 saturated heterocycles. The smallest absolute Gasteiger partial charge is 0.111 e. The zero-order valence-electron chi connectivity index (χ0n) is 12.1. The first kappa shape index (κ1) is 13.6. The van der Waals surface area contributed by atoms with Gasteiger partial charge in [0.2, 0.25) is 0 Å². The lowest BCUT2D eigenvalue weighted by molar-refractivity contribution is -0.0590. The van der Waals surface area contributed by atoms with Gasteiger partial charge in [0.25, 0.3) is 0 Å². The topological polar surface area (TPSA) is 38.0 Å². The third kappa shape index (κ3) is 2.94. The van der Waals surface area contributed by atoms with Crippen LogP contribution < -0.4 is 0 Å². The Morgan fingerprint density at radius 1 is 1.44 bits per heavy atom. The molecule has 2 atom stereocenters. The maximum atomic E-state index is 10.9. The second-order valence-corrected chi connectivity index (χ2v) is 6.89. The van der Waals surface area contributed by atoms with E-state index in [4.69, 9.17) is 0 Å². The van der Waals surface area contributed by atoms with Gasteiger partial charge >= 0.3 is 0 Å². The molecule has 0 aliphatic heterocycles. The van der Waals surface area contributed by atoms with Crippen molar-refractivity contribution < 1.29 is 5.11 Å². The first-order valence-electron chi connectivity index (χ1n) is 7.06. The Morgan fingerprint density at radius 3 is 2.78 bits per heavy atom. The molecule has 1 aliphatic carbocycles. The minimum absolute atomic E-state index is 0.232. The summed E-state index contributed by atoms with van der Waals surface area (Å²) in [6, 6.07) is 0. The van der Waals surface area contributed by atoms with Crippen LogP contribution in [0.2, 0.25) is 0 Å². The van der Waals surface area contributed by atoms with Crippen molar-refractivity contribution in [3.63, 3.8) is 0 Å². The second-order valence-electron chi connectivity index (χ2n) is 6.89. The Labute approximate surface area is 110 Å². The SMILES string of the molecule is CCn1ccnc1CC1(O)CC(C)CC(C)(C)C1. The zero-order chi connectivity index (χ0) is 13.4. The molecule has 0 bridgehead atoms. The van der Waals surface area contributed by atoms with Crippen LogP contribution in [0.3, 0.4) is 0 Å². The molecule has 0 amide bonds. The quantitative estimate of drug-likeness (QED) is 0.895. The van der Waals surface area contributed by atoms with E-state index in [2.05, 4.69) is 37.2 Å². The van der Waals surface area contributed by atoms with Gasteiger partial charge in [-0.3, -0.25) is 0 Å². The highest BCUT2D eigenvalue weighted by molar-refractivity contribution is 5.03. The zero-order valence-corrected chi connectivity index (χ0v) is 12.1. The van der Waals surface area contributed by atoms with E-state index in [1.165, 1.54) is 6.42 Å². The Balaban J connectivity index is 2.16. The van der Waals surface area contributed by atoms with E-state index in [1.807, 2.05) is 12.4 Å². The fraction of sp³-hybridized carbons (Fsp3) is 0.800. The van der Waals surface area contributed by atoms with Gasteiger partial charge in [0.05, 0.1) is 5.60 Å². The average Bonchev–Trinajstić information content (AvgIpc) is 2.59. The van der Waals surface area contributed by atoms with Gasteiger partial charge in [0.15, 0.2) is 0 Å². The van der Waals surface area contributed by atoms with Gasteiger partial charge in [-0.2, -0.15) is 0 Å². The molecular weight excluding hydrogens is 224 g/mol. The normalized spacial score (nSPS) is 31.5. The summed E-state index contributed by atoms with van der Waals surface area (Å²) < 4.78 is 2.13. The van der Waals surface area contributed by atoms with Gasteiger partial charge in [-0.15, -0.1) is 0 Å². The lowest BCUT2D eigenvalue weighted by Crippen LogP contribution is -2.44. The summed E-state index contributed by atoms with van der Waals surface area (Å²) >= 11 is 0. The first-order chi connectivity index (χ1) is 8.34. The molecule has 3 heteroatoms. The molecular formula is C15H26N2O. The molecule has 0 radical (unpaired) electrons. The molecule has 3 nitrogen and oxygen atoms in total. The summed E-state index contributed by atoms with van der Waals surface area (Å²) in [5.41, 5.74) is -0.352. The Morgan fingerprint density at radius 2 is 2.17 bits per heavy atom. The molecule has 1 saturated carbocycles. The van der Waals surface area contributed by atoms with E-state index in [0.29, 0.717) is 12.3 Å². The van der Waals surface area contributed by atoms with E-state index < -0.39 is 5.60 Å². The number of aryl methyl sites for hydroxylation is 1. The highest BCUT2D eigenvalue weighted by atomic mass is 16.3. The molecule has 2 rings (SSSR count). The Kier molecular flexibility index (Phi) is 3.54. The third-order valence-corrected chi connectivity index (χ3v) is 4.07. The van der Waals surface area contributed by atoms with Crippen LogP contribution in [0, 0.1) is 11.3 Å². The van der Waals surface area contributed by atoms with E-state index in [1.54, 1.807) is 0 Å². The largest absolute Gasteiger partial charge is 0.389 e. The lowest BCUT2D eigenvalue weighted by atomic mass is 9.65. The van der Waals surface area contributed by atoms with Crippen LogP contribution in [0.4, 0.5) is 0 Å². The number of hydrogen-bond acceptors (Lipinski definition) is 2. The lowest BCUT2D eigenvalue weighted by Gasteiger charge is -2.44. The van der Waals surface area contributed by atoms with E-state index in [-0.39, 0.29) is 5.41 Å². The maximum Gasteiger partial charge on any atom is 0.111 e. The van der Waals surface area contributed by atoms with Crippen molar-refractivity contribution in [1.29, 1.82) is 0 Å². The standard InChI is InChI=1S/C15H26N2O/c1-5-17-7-6-16-13(17)10-15(18)9-12(2)8-14(3,4)11-15/h6-7,12,18H,5,8-11H2,1-4H3. The molecule has 1 aromatic heterocycles. The Hall–Kier alpha value is -0.830. The van der Waals surface area contributed by atoms with Gasteiger partial charge in [0, 0.05) is 25.4 Å². The fourth-order valence-corrected chi connectivity index (χ4v) is 3.92. The van der Waals surface area contributed by atoms with Crippen LogP contribution >= 0.6 is 0 Å². The molecule has 1 aliphatic rings. The van der Waals surface area contributed by atoms with Crippen molar-refractivity contribution in [2.24, 2.45) is 11.3 Å². The average molecular weight is 250 g/mol. The van der Waals surface area contributed by atoms with E-state index >= 15 is 0 Å². The molecule has 102 valence electrons. The van der Waals surface area contributed by atoms with Crippen LogP contribution in [0.25, 0.3) is 0 Å². The minimum Gasteiger partial charge on any atom is -0.389 e. The number of imidazole rings is 1. The van der Waals surface area contributed by atoms with Gasteiger partial charge in [0.1, 0.15) is 5.82 Å². The summed E-state index contributed by atoms with van der Waals surface area (Å²) in [5.74, 6) is 1.61. The van der Waals surface area contributed by atoms with Crippen LogP contribution in [0.5, 0.6) is 0 Å². The van der Waals surface area contributed by atoms with Crippen LogP contribution in [0.1, 0.15) is 52.8 Å². The van der Waals surface area contributed by atoms with Crippen LogP contribution in [-0.2, 0) is 13.0 Å². The van der Waals surface area contributed by atoms with Crippen molar-refractivity contribution in [3.8, 4) is 0 Å². The van der Waals surface area contributed by atoms with Crippen LogP contribution in [0.15, 0.2) is 12.4 Å². The van der Waals surface area contributed by atoms with Crippen LogP contribution in [-0.4, -0.2) is 20.3 Å². The summed E-state index contributed by atoms with van der Waals surface area (Å²) in [5, 5.41) is 10.9. The molecule has 1 heterocycles. The Bertz CT molecular complexity index is 410. The molecule has 1 N–H and O–H groups in total. The van der Waals surface area contributed by atoms with Gasteiger partial charge in [-0.05, 0) is 37.5 Å². The van der Waals surface area contributed by atoms with Crippen molar-refractivity contribution in [1.82, 2.24) is 9.55 Å². The predicted molar refractivity (Wildman–Crippen MR) is 73.4 cm³/mol. The minimum atomic E-state index is -0.584. The predicted octanol–water partition coefficient (Wildman–Crippen LogP) is 3.02. The van der Waals surface area contributed by atoms with E-state index in [0.717, 1.165) is 25.2 Å². The summed E-state index contributed by atoms with van der Waals surface area (Å²) in [7, 11) is 0. The fourth-order valence-electron chi connectivity index (χ4n) is 3.92. The number of nitrogens with zero attached hydrogens (tertiary/aromatic N) is 2. The number of hydrogen-bond donors (Lipinski definition) is 1. The van der Waals surface area contributed by atoms with Crippen molar-refractivity contribution in [2.45, 2.75) is 65.5 Å². The molecule has 1 fully saturated rings. The van der Waals surface area contributed by atoms with Gasteiger partial charge in [-0.1, -0.05) is 20.8 Å². The molecule has 2 unspecified atom stereocenters. The number of rotatable bonds is 3. The summed E-state index contributed by atoms with van der Waals surface area (Å²) in [6.07, 6.45) is 7.49. The summed E-state index contributed by atoms with van der Waals surface area (Å²) in [4.78, 5) is 4.40. The summed E-state index contributed by atoms with van der Waals surface area (Å²) in [6.45, 7) is 9.81. The number of aromatic nitrogens is 2. The second kappa shape index (κ2) is 4.69. The molecule has 0 spiro atoms. The third-order valence-electron chi connectivity index (χ3n) is 4.07. The van der Waals surface area contributed by atoms with E-state index in [9.17, 15) is 5.11 Å². The number of aliphatic hydroxyl groups is 1. The van der Waals surface area contributed by atoms with Gasteiger partial charge < -0.3 is 9.67 Å². The first-order valence-corrected chi connectivity index (χ1v) is 7.06. The molecule has 18 heavy (non-hydrogen) atoms. The highest BCUT2D eigenvalue weighted by Crippen LogP contribution is 2.44. The maximum absolute atomic E-state index is 10.9. The molecule has 0 aromatic carbocycles. The van der Waals surface area contributed by atoms with Crippen molar-refractivity contribution in [3.05, 3.63) is 18.2 Å². The highest BCUT2D eigenvalue weighted by Gasteiger charge is 2.42. The van der Waals surface area contributed by atoms with Gasteiger partial charge in [-0.25, -0.2) is 4.98 Å². The van der Waals surface area contributed by atoms with Crippen molar-refractivity contribution in [2.75, 3.05) is 0 Å².